The predicted molar refractivity (Wildman–Crippen MR) is 72.1 cm³/mol. The molecule has 0 aromatic carbocycles. The van der Waals surface area contributed by atoms with Gasteiger partial charge in [-0.1, -0.05) is 6.92 Å². The molecule has 1 aliphatic rings. The molecule has 1 aromatic rings. The second-order valence-electron chi connectivity index (χ2n) is 4.97. The molecule has 0 amide bonds. The SMILES string of the molecule is CCC1(CNS(=O)(=O)c2cc(CO)sc2C)CC1. The van der Waals surface area contributed by atoms with E-state index in [1.54, 1.807) is 13.0 Å². The minimum absolute atomic E-state index is 0.111. The smallest absolute Gasteiger partial charge is 0.241 e. The number of thiophene rings is 1. The number of nitrogens with one attached hydrogen (secondary N) is 1. The van der Waals surface area contributed by atoms with Crippen LogP contribution in [0.3, 0.4) is 0 Å². The minimum Gasteiger partial charge on any atom is -0.391 e. The Morgan fingerprint density at radius 2 is 2.17 bits per heavy atom. The molecule has 1 aliphatic carbocycles. The van der Waals surface area contributed by atoms with Crippen molar-refractivity contribution in [3.05, 3.63) is 15.8 Å². The van der Waals surface area contributed by atoms with Gasteiger partial charge in [0.1, 0.15) is 0 Å². The molecule has 1 fully saturated rings. The zero-order valence-corrected chi connectivity index (χ0v) is 12.3. The average Bonchev–Trinajstić information content (AvgIpc) is 3.03. The van der Waals surface area contributed by atoms with E-state index in [2.05, 4.69) is 11.6 Å². The van der Waals surface area contributed by atoms with Crippen LogP contribution in [0.4, 0.5) is 0 Å². The van der Waals surface area contributed by atoms with Crippen molar-refractivity contribution in [1.82, 2.24) is 4.72 Å². The largest absolute Gasteiger partial charge is 0.391 e. The lowest BCUT2D eigenvalue weighted by Crippen LogP contribution is -2.30. The van der Waals surface area contributed by atoms with Crippen molar-refractivity contribution in [2.24, 2.45) is 5.41 Å². The summed E-state index contributed by atoms with van der Waals surface area (Å²) in [5.41, 5.74) is 0.191. The van der Waals surface area contributed by atoms with Gasteiger partial charge < -0.3 is 5.11 Å². The summed E-state index contributed by atoms with van der Waals surface area (Å²) in [4.78, 5) is 1.72. The molecule has 0 atom stereocenters. The second kappa shape index (κ2) is 4.92. The molecule has 0 unspecified atom stereocenters. The van der Waals surface area contributed by atoms with Crippen molar-refractivity contribution in [2.45, 2.75) is 44.6 Å². The second-order valence-corrected chi connectivity index (χ2v) is 8.05. The van der Waals surface area contributed by atoms with Gasteiger partial charge in [-0.15, -0.1) is 11.3 Å². The molecule has 1 aromatic heterocycles. The normalized spacial score (nSPS) is 17.9. The summed E-state index contributed by atoms with van der Waals surface area (Å²) in [6.45, 7) is 4.28. The lowest BCUT2D eigenvalue weighted by Gasteiger charge is -2.13. The zero-order valence-electron chi connectivity index (χ0n) is 10.7. The van der Waals surface area contributed by atoms with Crippen molar-refractivity contribution < 1.29 is 13.5 Å². The summed E-state index contributed by atoms with van der Waals surface area (Å²) in [5.74, 6) is 0. The van der Waals surface area contributed by atoms with Gasteiger partial charge in [-0.05, 0) is 37.7 Å². The molecule has 1 saturated carbocycles. The van der Waals surface area contributed by atoms with Crippen LogP contribution in [-0.4, -0.2) is 20.1 Å². The molecule has 0 saturated heterocycles. The van der Waals surface area contributed by atoms with Gasteiger partial charge in [-0.25, -0.2) is 13.1 Å². The summed E-state index contributed by atoms with van der Waals surface area (Å²) < 4.78 is 27.1. The highest BCUT2D eigenvalue weighted by molar-refractivity contribution is 7.89. The monoisotopic (exact) mass is 289 g/mol. The first-order chi connectivity index (χ1) is 8.42. The Kier molecular flexibility index (Phi) is 3.82. The Hall–Kier alpha value is -0.430. The minimum atomic E-state index is -3.43. The van der Waals surface area contributed by atoms with Crippen LogP contribution in [0.2, 0.25) is 0 Å². The number of rotatable bonds is 6. The summed E-state index contributed by atoms with van der Waals surface area (Å²) in [5, 5.41) is 9.04. The highest BCUT2D eigenvalue weighted by atomic mass is 32.2. The number of hydrogen-bond donors (Lipinski definition) is 2. The van der Waals surface area contributed by atoms with Crippen LogP contribution >= 0.6 is 11.3 Å². The van der Waals surface area contributed by atoms with Crippen molar-refractivity contribution in [1.29, 1.82) is 0 Å². The van der Waals surface area contributed by atoms with Gasteiger partial charge in [-0.2, -0.15) is 0 Å². The van der Waals surface area contributed by atoms with E-state index in [1.165, 1.54) is 11.3 Å². The van der Waals surface area contributed by atoms with Gasteiger partial charge in [0.2, 0.25) is 10.0 Å². The molecule has 18 heavy (non-hydrogen) atoms. The Bertz CT molecular complexity index is 530. The van der Waals surface area contributed by atoms with Crippen molar-refractivity contribution in [2.75, 3.05) is 6.54 Å². The molecule has 4 nitrogen and oxygen atoms in total. The topological polar surface area (TPSA) is 66.4 Å². The maximum Gasteiger partial charge on any atom is 0.241 e. The molecule has 2 rings (SSSR count). The predicted octanol–water partition coefficient (Wildman–Crippen LogP) is 2.02. The molecule has 0 aliphatic heterocycles. The first-order valence-electron chi connectivity index (χ1n) is 6.12. The number of aliphatic hydroxyl groups is 1. The third kappa shape index (κ3) is 2.77. The van der Waals surface area contributed by atoms with Crippen LogP contribution < -0.4 is 4.72 Å². The van der Waals surface area contributed by atoms with E-state index in [0.29, 0.717) is 16.3 Å². The zero-order chi connectivity index (χ0) is 13.4. The number of aryl methyl sites for hydroxylation is 1. The fraction of sp³-hybridized carbons (Fsp3) is 0.667. The standard InChI is InChI=1S/C12H19NO3S2/c1-3-12(4-5-12)8-13-18(15,16)11-6-10(7-14)17-9(11)2/h6,13-14H,3-5,7-8H2,1-2H3. The van der Waals surface area contributed by atoms with Gasteiger partial charge in [0.15, 0.2) is 0 Å². The summed E-state index contributed by atoms with van der Waals surface area (Å²) in [6, 6.07) is 1.56. The van der Waals surface area contributed by atoms with Crippen LogP contribution in [0.15, 0.2) is 11.0 Å². The van der Waals surface area contributed by atoms with E-state index in [0.717, 1.165) is 24.1 Å². The number of aliphatic hydroxyl groups excluding tert-OH is 1. The molecular formula is C12H19NO3S2. The van der Waals surface area contributed by atoms with E-state index in [4.69, 9.17) is 5.11 Å². The fourth-order valence-corrected chi connectivity index (χ4v) is 4.68. The molecule has 102 valence electrons. The Morgan fingerprint density at radius 3 is 2.61 bits per heavy atom. The quantitative estimate of drug-likeness (QED) is 0.842. The van der Waals surface area contributed by atoms with Gasteiger partial charge in [0, 0.05) is 16.3 Å². The van der Waals surface area contributed by atoms with E-state index in [-0.39, 0.29) is 12.0 Å². The lowest BCUT2D eigenvalue weighted by atomic mass is 10.1. The molecule has 6 heteroatoms. The van der Waals surface area contributed by atoms with Crippen LogP contribution in [-0.2, 0) is 16.6 Å². The molecule has 0 bridgehead atoms. The molecule has 2 N–H and O–H groups in total. The Morgan fingerprint density at radius 1 is 1.50 bits per heavy atom. The average molecular weight is 289 g/mol. The Labute approximate surface area is 112 Å². The molecule has 0 spiro atoms. The summed E-state index contributed by atoms with van der Waals surface area (Å²) >= 11 is 1.33. The van der Waals surface area contributed by atoms with Crippen LogP contribution in [0.1, 0.15) is 35.9 Å². The van der Waals surface area contributed by atoms with Gasteiger partial charge in [-0.3, -0.25) is 0 Å². The van der Waals surface area contributed by atoms with Crippen LogP contribution in [0.5, 0.6) is 0 Å². The van der Waals surface area contributed by atoms with Gasteiger partial charge in [0.25, 0.3) is 0 Å². The number of sulfonamides is 1. The first-order valence-corrected chi connectivity index (χ1v) is 8.42. The molecule has 1 heterocycles. The molecule has 0 radical (unpaired) electrons. The third-order valence-electron chi connectivity index (χ3n) is 3.71. The third-order valence-corrected chi connectivity index (χ3v) is 6.40. The summed E-state index contributed by atoms with van der Waals surface area (Å²) in [6.07, 6.45) is 3.23. The van der Waals surface area contributed by atoms with E-state index in [9.17, 15) is 8.42 Å². The van der Waals surface area contributed by atoms with Crippen molar-refractivity contribution >= 4 is 21.4 Å². The van der Waals surface area contributed by atoms with E-state index < -0.39 is 10.0 Å². The van der Waals surface area contributed by atoms with Crippen molar-refractivity contribution in [3.63, 3.8) is 0 Å². The van der Waals surface area contributed by atoms with Gasteiger partial charge >= 0.3 is 0 Å². The molecular weight excluding hydrogens is 270 g/mol. The van der Waals surface area contributed by atoms with Crippen molar-refractivity contribution in [3.8, 4) is 0 Å². The maximum absolute atomic E-state index is 12.2. The van der Waals surface area contributed by atoms with Gasteiger partial charge in [0.05, 0.1) is 11.5 Å². The van der Waals surface area contributed by atoms with Crippen LogP contribution in [0.25, 0.3) is 0 Å². The fourth-order valence-electron chi connectivity index (χ4n) is 2.03. The highest BCUT2D eigenvalue weighted by Gasteiger charge is 2.41. The first kappa shape index (κ1) is 14.0. The Balaban J connectivity index is 2.12. The highest BCUT2D eigenvalue weighted by Crippen LogP contribution is 2.48. The summed E-state index contributed by atoms with van der Waals surface area (Å²) in [7, 11) is -3.43. The van der Waals surface area contributed by atoms with E-state index >= 15 is 0 Å². The number of hydrogen-bond acceptors (Lipinski definition) is 4. The van der Waals surface area contributed by atoms with Crippen LogP contribution in [0, 0.1) is 12.3 Å². The maximum atomic E-state index is 12.2. The lowest BCUT2D eigenvalue weighted by molar-refractivity contribution is 0.285. The van der Waals surface area contributed by atoms with E-state index in [1.807, 2.05) is 0 Å².